The van der Waals surface area contributed by atoms with Gasteiger partial charge in [-0.1, -0.05) is 172 Å². The van der Waals surface area contributed by atoms with Gasteiger partial charge in [0.15, 0.2) is 23.3 Å². The Bertz CT molecular complexity index is 3550. The van der Waals surface area contributed by atoms with Crippen LogP contribution in [0, 0.1) is 0 Å². The molecule has 6 heteroatoms. The van der Waals surface area contributed by atoms with Crippen LogP contribution in [0.5, 0.6) is 0 Å². The molecule has 0 aliphatic rings. The highest BCUT2D eigenvalue weighted by molar-refractivity contribution is 6.10. The number of benzene rings is 7. The number of nitrogens with zero attached hydrogens (tertiary/aromatic N) is 6. The lowest BCUT2D eigenvalue weighted by molar-refractivity contribution is 0.589. The van der Waals surface area contributed by atoms with Gasteiger partial charge in [-0.3, -0.25) is 0 Å². The standard InChI is InChI=1S/C73H80N6/c1-9-14-25-50-34-37-66-61(45-50)62-46-51(26-15-10-2)35-38-67(62)79(66)68-39-36-57(69-74-64(55-30-21-19-22-31-55)49-65(75-69)56-32-23-20-24-33-56)48-63(68)72-77-70(58-41-52(27-16-11-3)40-53(42-58)28-17-12-4)76-71(78-72)59-43-54(29-18-13-5)44-60(47-59)73(6,7)8/h19-24,30-49H,9-18,25-29H2,1-8H3. The molecular weight excluding hydrogens is 961 g/mol. The van der Waals surface area contributed by atoms with Gasteiger partial charge in [0.05, 0.1) is 28.1 Å². The number of hydrogen-bond donors (Lipinski definition) is 0. The van der Waals surface area contributed by atoms with Gasteiger partial charge < -0.3 is 4.57 Å². The molecule has 0 fully saturated rings. The van der Waals surface area contributed by atoms with Gasteiger partial charge in [-0.05, 0) is 176 Å². The third-order valence-corrected chi connectivity index (χ3v) is 15.7. The average molecular weight is 1040 g/mol. The van der Waals surface area contributed by atoms with E-state index in [-0.39, 0.29) is 5.41 Å². The van der Waals surface area contributed by atoms with Crippen molar-refractivity contribution in [3.63, 3.8) is 0 Å². The molecule has 0 spiro atoms. The summed E-state index contributed by atoms with van der Waals surface area (Å²) in [4.78, 5) is 27.7. The maximum Gasteiger partial charge on any atom is 0.166 e. The Labute approximate surface area is 470 Å². The fourth-order valence-electron chi connectivity index (χ4n) is 11.1. The molecule has 10 aromatic rings. The molecule has 0 N–H and O–H groups in total. The molecule has 0 saturated carbocycles. The van der Waals surface area contributed by atoms with Gasteiger partial charge >= 0.3 is 0 Å². The lowest BCUT2D eigenvalue weighted by Crippen LogP contribution is -2.12. The Morgan fingerprint density at radius 1 is 0.342 bits per heavy atom. The van der Waals surface area contributed by atoms with Gasteiger partial charge in [-0.25, -0.2) is 24.9 Å². The number of rotatable bonds is 22. The molecule has 0 amide bonds. The number of unbranched alkanes of at least 4 members (excludes halogenated alkanes) is 5. The highest BCUT2D eigenvalue weighted by Gasteiger charge is 2.24. The van der Waals surface area contributed by atoms with E-state index in [0.717, 1.165) is 158 Å². The molecule has 0 aliphatic heterocycles. The summed E-state index contributed by atoms with van der Waals surface area (Å²) in [6, 6.07) is 58.2. The molecule has 0 aliphatic carbocycles. The maximum absolute atomic E-state index is 5.70. The number of fused-ring (bicyclic) bond motifs is 3. The van der Waals surface area contributed by atoms with Gasteiger partial charge in [0.25, 0.3) is 0 Å². The first-order valence-corrected chi connectivity index (χ1v) is 29.8. The number of aryl methyl sites for hydroxylation is 5. The summed E-state index contributed by atoms with van der Waals surface area (Å²) in [6.07, 6.45) is 16.5. The Morgan fingerprint density at radius 3 is 1.24 bits per heavy atom. The van der Waals surface area contributed by atoms with Crippen molar-refractivity contribution in [1.29, 1.82) is 0 Å². The predicted molar refractivity (Wildman–Crippen MR) is 334 cm³/mol. The summed E-state index contributed by atoms with van der Waals surface area (Å²) < 4.78 is 2.47. The molecule has 0 radical (unpaired) electrons. The Hall–Kier alpha value is -7.57. The quantitative estimate of drug-likeness (QED) is 0.0676. The van der Waals surface area contributed by atoms with Crippen LogP contribution in [0.15, 0.2) is 158 Å². The topological polar surface area (TPSA) is 69.4 Å². The van der Waals surface area contributed by atoms with Crippen LogP contribution in [0.3, 0.4) is 0 Å². The van der Waals surface area contributed by atoms with Crippen LogP contribution in [-0.4, -0.2) is 29.5 Å². The normalized spacial score (nSPS) is 11.8. The first-order chi connectivity index (χ1) is 38.5. The van der Waals surface area contributed by atoms with Crippen molar-refractivity contribution < 1.29 is 0 Å². The van der Waals surface area contributed by atoms with Gasteiger partial charge in [0, 0.05) is 44.2 Å². The predicted octanol–water partition coefficient (Wildman–Crippen LogP) is 19.8. The highest BCUT2D eigenvalue weighted by atomic mass is 15.1. The second-order valence-electron chi connectivity index (χ2n) is 23.0. The van der Waals surface area contributed by atoms with E-state index >= 15 is 0 Å². The van der Waals surface area contributed by atoms with Crippen LogP contribution in [-0.2, 0) is 37.5 Å². The van der Waals surface area contributed by atoms with Crippen molar-refractivity contribution in [1.82, 2.24) is 29.5 Å². The maximum atomic E-state index is 5.70. The third-order valence-electron chi connectivity index (χ3n) is 15.7. The van der Waals surface area contributed by atoms with E-state index in [1.54, 1.807) is 0 Å². The van der Waals surface area contributed by atoms with Gasteiger partial charge in [0.2, 0.25) is 0 Å². The summed E-state index contributed by atoms with van der Waals surface area (Å²) in [7, 11) is 0. The van der Waals surface area contributed by atoms with E-state index in [9.17, 15) is 0 Å². The van der Waals surface area contributed by atoms with Crippen molar-refractivity contribution in [2.24, 2.45) is 0 Å². The van der Waals surface area contributed by atoms with Crippen LogP contribution in [0.25, 0.3) is 95.6 Å². The van der Waals surface area contributed by atoms with Crippen molar-refractivity contribution in [2.75, 3.05) is 0 Å². The van der Waals surface area contributed by atoms with E-state index in [2.05, 4.69) is 218 Å². The molecule has 6 nitrogen and oxygen atoms in total. The third kappa shape index (κ3) is 12.7. The van der Waals surface area contributed by atoms with Gasteiger partial charge in [-0.2, -0.15) is 0 Å². The van der Waals surface area contributed by atoms with Gasteiger partial charge in [0.1, 0.15) is 0 Å². The summed E-state index contributed by atoms with van der Waals surface area (Å²) in [5.74, 6) is 2.60. The molecule has 79 heavy (non-hydrogen) atoms. The van der Waals surface area contributed by atoms with Gasteiger partial charge in [-0.15, -0.1) is 0 Å². The fraction of sp³-hybridized carbons (Fsp3) is 0.329. The van der Waals surface area contributed by atoms with Crippen LogP contribution >= 0.6 is 0 Å². The molecule has 10 rings (SSSR count). The summed E-state index contributed by atoms with van der Waals surface area (Å²) in [6.45, 7) is 18.3. The van der Waals surface area contributed by atoms with E-state index in [4.69, 9.17) is 24.9 Å². The SMILES string of the molecule is CCCCc1cc(CCCC)cc(-c2nc(-c3cc(CCCC)cc(C(C)(C)C)c3)nc(-c3cc(-c4nc(-c5ccccc5)cc(-c5ccccc5)n4)ccc3-n3c4ccc(CCCC)cc4c4cc(CCCC)ccc43)n2)c1. The summed E-state index contributed by atoms with van der Waals surface area (Å²) in [5.41, 5.74) is 18.8. The molecule has 0 bridgehead atoms. The molecule has 0 saturated heterocycles. The molecule has 7 aromatic carbocycles. The van der Waals surface area contributed by atoms with E-state index in [0.29, 0.717) is 23.3 Å². The van der Waals surface area contributed by atoms with Crippen molar-refractivity contribution in [3.05, 3.63) is 191 Å². The van der Waals surface area contributed by atoms with Crippen LogP contribution in [0.1, 0.15) is 153 Å². The minimum Gasteiger partial charge on any atom is -0.309 e. The van der Waals surface area contributed by atoms with Crippen LogP contribution < -0.4 is 0 Å². The largest absolute Gasteiger partial charge is 0.309 e. The zero-order chi connectivity index (χ0) is 54.9. The Kier molecular flexibility index (Phi) is 17.4. The molecule has 402 valence electrons. The smallest absolute Gasteiger partial charge is 0.166 e. The zero-order valence-electron chi connectivity index (χ0n) is 48.3. The first-order valence-electron chi connectivity index (χ1n) is 29.8. The zero-order valence-corrected chi connectivity index (χ0v) is 48.3. The Balaban J connectivity index is 1.30. The Morgan fingerprint density at radius 2 is 0.772 bits per heavy atom. The molecular formula is C73H80N6. The van der Waals surface area contributed by atoms with Crippen molar-refractivity contribution in [3.8, 4) is 73.8 Å². The number of hydrogen-bond acceptors (Lipinski definition) is 5. The lowest BCUT2D eigenvalue weighted by Gasteiger charge is -2.21. The highest BCUT2D eigenvalue weighted by Crippen LogP contribution is 2.40. The van der Waals surface area contributed by atoms with Crippen molar-refractivity contribution >= 4 is 21.8 Å². The summed E-state index contributed by atoms with van der Waals surface area (Å²) >= 11 is 0. The second-order valence-corrected chi connectivity index (χ2v) is 23.0. The molecule has 3 heterocycles. The fourth-order valence-corrected chi connectivity index (χ4v) is 11.1. The van der Waals surface area contributed by atoms with E-state index in [1.807, 2.05) is 0 Å². The average Bonchev–Trinajstić information content (AvgIpc) is 3.95. The molecule has 0 unspecified atom stereocenters. The minimum atomic E-state index is -0.0881. The monoisotopic (exact) mass is 1040 g/mol. The van der Waals surface area contributed by atoms with Crippen LogP contribution in [0.4, 0.5) is 0 Å². The molecule has 3 aromatic heterocycles. The molecule has 0 atom stereocenters. The van der Waals surface area contributed by atoms with E-state index in [1.165, 1.54) is 44.2 Å². The summed E-state index contributed by atoms with van der Waals surface area (Å²) in [5, 5.41) is 2.53. The first kappa shape index (κ1) is 54.8. The minimum absolute atomic E-state index is 0.0881. The lowest BCUT2D eigenvalue weighted by atomic mass is 9.84. The number of aromatic nitrogens is 6. The van der Waals surface area contributed by atoms with E-state index < -0.39 is 0 Å². The van der Waals surface area contributed by atoms with Crippen molar-refractivity contribution in [2.45, 2.75) is 157 Å². The van der Waals surface area contributed by atoms with Crippen LogP contribution in [0.2, 0.25) is 0 Å². The second kappa shape index (κ2) is 25.0.